The number of phenolic OH excluding ortho intramolecular Hbond substituents is 1. The summed E-state index contributed by atoms with van der Waals surface area (Å²) in [5, 5.41) is 12.9. The van der Waals surface area contributed by atoms with Crippen LogP contribution in [0.2, 0.25) is 0 Å². The smallest absolute Gasteiger partial charge is 0.251 e. The van der Waals surface area contributed by atoms with Crippen molar-refractivity contribution < 1.29 is 14.6 Å². The highest BCUT2D eigenvalue weighted by molar-refractivity contribution is 6.24. The van der Waals surface area contributed by atoms with Gasteiger partial charge in [-0.15, -0.1) is 0 Å². The van der Waals surface area contributed by atoms with Crippen LogP contribution in [0.15, 0.2) is 48.5 Å². The fourth-order valence-electron chi connectivity index (χ4n) is 3.57. The normalized spacial score (nSPS) is 15.4. The molecule has 1 saturated carbocycles. The number of phenols is 1. The SMILES string of the molecule is COc1cc(/C=C(\C(=O)NCC2CCCCC2)c2ccccc2)ccc1O. The molecule has 4 heteroatoms. The maximum atomic E-state index is 13.0. The minimum absolute atomic E-state index is 0.0705. The molecule has 1 amide bonds. The van der Waals surface area contributed by atoms with Crippen molar-refractivity contribution in [2.24, 2.45) is 5.92 Å². The van der Waals surface area contributed by atoms with Crippen LogP contribution in [0.3, 0.4) is 0 Å². The molecule has 2 aromatic carbocycles. The van der Waals surface area contributed by atoms with Gasteiger partial charge in [-0.1, -0.05) is 55.7 Å². The number of hydrogen-bond acceptors (Lipinski definition) is 3. The summed E-state index contributed by atoms with van der Waals surface area (Å²) in [4.78, 5) is 13.0. The van der Waals surface area contributed by atoms with E-state index in [-0.39, 0.29) is 11.7 Å². The number of aromatic hydroxyl groups is 1. The zero-order valence-corrected chi connectivity index (χ0v) is 15.8. The zero-order chi connectivity index (χ0) is 19.1. The third kappa shape index (κ3) is 5.13. The summed E-state index contributed by atoms with van der Waals surface area (Å²) in [6.07, 6.45) is 8.06. The molecule has 27 heavy (non-hydrogen) atoms. The predicted molar refractivity (Wildman–Crippen MR) is 109 cm³/mol. The Labute approximate surface area is 160 Å². The number of hydrogen-bond donors (Lipinski definition) is 2. The number of ether oxygens (including phenoxy) is 1. The average Bonchev–Trinajstić information content (AvgIpc) is 2.72. The summed E-state index contributed by atoms with van der Waals surface area (Å²) in [7, 11) is 1.51. The molecular formula is C23H27NO3. The van der Waals surface area contributed by atoms with Gasteiger partial charge in [0.05, 0.1) is 7.11 Å². The van der Waals surface area contributed by atoms with Gasteiger partial charge in [0.25, 0.3) is 5.91 Å². The van der Waals surface area contributed by atoms with E-state index in [0.29, 0.717) is 17.2 Å². The highest BCUT2D eigenvalue weighted by Crippen LogP contribution is 2.29. The molecule has 3 rings (SSSR count). The Morgan fingerprint density at radius 1 is 1.15 bits per heavy atom. The monoisotopic (exact) mass is 365 g/mol. The van der Waals surface area contributed by atoms with Crippen LogP contribution >= 0.6 is 0 Å². The highest BCUT2D eigenvalue weighted by Gasteiger charge is 2.17. The van der Waals surface area contributed by atoms with E-state index in [1.54, 1.807) is 18.2 Å². The first-order valence-corrected chi connectivity index (χ1v) is 9.59. The van der Waals surface area contributed by atoms with Crippen molar-refractivity contribution >= 4 is 17.6 Å². The number of benzene rings is 2. The Bertz CT molecular complexity index is 793. The Morgan fingerprint density at radius 3 is 2.59 bits per heavy atom. The lowest BCUT2D eigenvalue weighted by Crippen LogP contribution is -2.30. The molecular weight excluding hydrogens is 338 g/mol. The second kappa shape index (κ2) is 9.26. The lowest BCUT2D eigenvalue weighted by Gasteiger charge is -2.22. The molecule has 0 radical (unpaired) electrons. The molecule has 4 nitrogen and oxygen atoms in total. The van der Waals surface area contributed by atoms with Crippen molar-refractivity contribution in [3.05, 3.63) is 59.7 Å². The van der Waals surface area contributed by atoms with Gasteiger partial charge in [0.15, 0.2) is 11.5 Å². The number of methoxy groups -OCH3 is 1. The summed E-state index contributed by atoms with van der Waals surface area (Å²) in [5.41, 5.74) is 2.28. The quantitative estimate of drug-likeness (QED) is 0.579. The van der Waals surface area contributed by atoms with E-state index in [1.807, 2.05) is 36.4 Å². The first kappa shape index (κ1) is 19.0. The van der Waals surface area contributed by atoms with Crippen LogP contribution in [0.4, 0.5) is 0 Å². The molecule has 2 N–H and O–H groups in total. The molecule has 0 atom stereocenters. The number of nitrogens with one attached hydrogen (secondary N) is 1. The molecule has 1 aliphatic rings. The van der Waals surface area contributed by atoms with Crippen LogP contribution in [0.5, 0.6) is 11.5 Å². The van der Waals surface area contributed by atoms with Crippen LogP contribution in [-0.4, -0.2) is 24.7 Å². The average molecular weight is 365 g/mol. The van der Waals surface area contributed by atoms with Gasteiger partial charge >= 0.3 is 0 Å². The maximum Gasteiger partial charge on any atom is 0.251 e. The molecule has 1 aliphatic carbocycles. The topological polar surface area (TPSA) is 58.6 Å². The summed E-state index contributed by atoms with van der Waals surface area (Å²) >= 11 is 0. The van der Waals surface area contributed by atoms with Gasteiger partial charge < -0.3 is 15.2 Å². The fourth-order valence-corrected chi connectivity index (χ4v) is 3.57. The zero-order valence-electron chi connectivity index (χ0n) is 15.8. The van der Waals surface area contributed by atoms with Gasteiger partial charge in [-0.3, -0.25) is 4.79 Å². The van der Waals surface area contributed by atoms with Crippen LogP contribution in [0.1, 0.15) is 43.2 Å². The van der Waals surface area contributed by atoms with E-state index in [0.717, 1.165) is 17.7 Å². The molecule has 2 aromatic rings. The lowest BCUT2D eigenvalue weighted by molar-refractivity contribution is -0.115. The van der Waals surface area contributed by atoms with Crippen LogP contribution in [0, 0.1) is 5.92 Å². The first-order valence-electron chi connectivity index (χ1n) is 9.59. The van der Waals surface area contributed by atoms with E-state index in [2.05, 4.69) is 5.32 Å². The second-order valence-corrected chi connectivity index (χ2v) is 7.07. The largest absolute Gasteiger partial charge is 0.504 e. The minimum atomic E-state index is -0.0705. The number of rotatable bonds is 6. The minimum Gasteiger partial charge on any atom is -0.504 e. The van der Waals surface area contributed by atoms with Gasteiger partial charge in [-0.25, -0.2) is 0 Å². The van der Waals surface area contributed by atoms with E-state index < -0.39 is 0 Å². The molecule has 0 aromatic heterocycles. The number of carbonyl (C=O) groups excluding carboxylic acids is 1. The summed E-state index contributed by atoms with van der Waals surface area (Å²) in [6.45, 7) is 0.724. The molecule has 0 unspecified atom stereocenters. The van der Waals surface area contributed by atoms with E-state index in [4.69, 9.17) is 4.74 Å². The van der Waals surface area contributed by atoms with E-state index >= 15 is 0 Å². The Hall–Kier alpha value is -2.75. The molecule has 0 saturated heterocycles. The third-order valence-corrected chi connectivity index (χ3v) is 5.12. The van der Waals surface area contributed by atoms with E-state index in [9.17, 15) is 9.90 Å². The van der Waals surface area contributed by atoms with Crippen LogP contribution in [0.25, 0.3) is 11.6 Å². The standard InChI is InChI=1S/C23H27NO3/c1-27-22-15-18(12-13-21(22)25)14-20(19-10-6-3-7-11-19)23(26)24-16-17-8-4-2-5-9-17/h3,6-7,10-15,17,25H,2,4-5,8-9,16H2,1H3,(H,24,26)/b20-14-. The first-order chi connectivity index (χ1) is 13.2. The number of carbonyl (C=O) groups is 1. The van der Waals surface area contributed by atoms with Crippen molar-refractivity contribution in [3.63, 3.8) is 0 Å². The second-order valence-electron chi connectivity index (χ2n) is 7.07. The highest BCUT2D eigenvalue weighted by atomic mass is 16.5. The van der Waals surface area contributed by atoms with Crippen LogP contribution < -0.4 is 10.1 Å². The Kier molecular flexibility index (Phi) is 6.53. The molecule has 1 fully saturated rings. The molecule has 142 valence electrons. The Balaban J connectivity index is 1.83. The summed E-state index contributed by atoms with van der Waals surface area (Å²) < 4.78 is 5.18. The molecule has 0 aliphatic heterocycles. The fraction of sp³-hybridized carbons (Fsp3) is 0.348. The van der Waals surface area contributed by atoms with Gasteiger partial charge in [0.2, 0.25) is 0 Å². The van der Waals surface area contributed by atoms with Crippen molar-refractivity contribution in [3.8, 4) is 11.5 Å². The Morgan fingerprint density at radius 2 is 1.89 bits per heavy atom. The lowest BCUT2D eigenvalue weighted by atomic mass is 9.89. The van der Waals surface area contributed by atoms with Crippen molar-refractivity contribution in [1.82, 2.24) is 5.32 Å². The van der Waals surface area contributed by atoms with Gasteiger partial charge in [-0.05, 0) is 48.1 Å². The van der Waals surface area contributed by atoms with E-state index in [1.165, 1.54) is 39.2 Å². The number of amides is 1. The molecule has 0 bridgehead atoms. The summed E-state index contributed by atoms with van der Waals surface area (Å²) in [6, 6.07) is 14.7. The predicted octanol–water partition coefficient (Wildman–Crippen LogP) is 4.64. The maximum absolute atomic E-state index is 13.0. The van der Waals surface area contributed by atoms with Crippen molar-refractivity contribution in [1.29, 1.82) is 0 Å². The van der Waals surface area contributed by atoms with Crippen molar-refractivity contribution in [2.45, 2.75) is 32.1 Å². The van der Waals surface area contributed by atoms with Gasteiger partial charge in [-0.2, -0.15) is 0 Å². The third-order valence-electron chi connectivity index (χ3n) is 5.12. The van der Waals surface area contributed by atoms with Gasteiger partial charge in [0, 0.05) is 12.1 Å². The van der Waals surface area contributed by atoms with Crippen molar-refractivity contribution in [2.75, 3.05) is 13.7 Å². The molecule has 0 spiro atoms. The van der Waals surface area contributed by atoms with Crippen LogP contribution in [-0.2, 0) is 4.79 Å². The summed E-state index contributed by atoms with van der Waals surface area (Å²) in [5.74, 6) is 0.976. The van der Waals surface area contributed by atoms with Gasteiger partial charge in [0.1, 0.15) is 0 Å². The molecule has 0 heterocycles.